The Balaban J connectivity index is 0.000000165. The van der Waals surface area contributed by atoms with Crippen molar-refractivity contribution in [1.82, 2.24) is 28.2 Å². The first-order valence-corrected chi connectivity index (χ1v) is 16.2. The van der Waals surface area contributed by atoms with Gasteiger partial charge < -0.3 is 5.11 Å². The van der Waals surface area contributed by atoms with Gasteiger partial charge in [0, 0.05) is 22.8 Å². The second-order valence-electron chi connectivity index (χ2n) is 9.08. The van der Waals surface area contributed by atoms with Crippen molar-refractivity contribution < 1.29 is 26.1 Å². The third-order valence-electron chi connectivity index (χ3n) is 6.03. The lowest BCUT2D eigenvalue weighted by Gasteiger charge is -2.11. The lowest BCUT2D eigenvalue weighted by atomic mass is 10.3. The highest BCUT2D eigenvalue weighted by Crippen LogP contribution is 2.23. The molecule has 0 spiro atoms. The molecule has 0 fully saturated rings. The number of rotatable bonds is 4. The quantitative estimate of drug-likeness (QED) is 0.199. The number of aliphatic hydroxyl groups excluding tert-OH is 1. The third kappa shape index (κ3) is 6.62. The number of pyridine rings is 2. The first kappa shape index (κ1) is 30.3. The van der Waals surface area contributed by atoms with Crippen molar-refractivity contribution >= 4 is 52.2 Å². The molecule has 6 rings (SSSR count). The molecule has 19 heteroatoms. The number of halogens is 1. The molecular weight excluding hydrogens is 608 g/mol. The Morgan fingerprint density at radius 3 is 1.63 bits per heavy atom. The van der Waals surface area contributed by atoms with Gasteiger partial charge in [-0.2, -0.15) is 8.42 Å². The van der Waals surface area contributed by atoms with Gasteiger partial charge in [-0.25, -0.2) is 18.4 Å². The summed E-state index contributed by atoms with van der Waals surface area (Å²) >= 11 is 0. The van der Waals surface area contributed by atoms with Crippen molar-refractivity contribution in [3.8, 4) is 0 Å². The molecule has 16 nitrogen and oxygen atoms in total. The van der Waals surface area contributed by atoms with Crippen LogP contribution in [0.15, 0.2) is 55.8 Å². The summed E-state index contributed by atoms with van der Waals surface area (Å²) in [5.41, 5.74) is 0.873. The summed E-state index contributed by atoms with van der Waals surface area (Å²) in [6.07, 6.45) is 4.22. The van der Waals surface area contributed by atoms with E-state index in [2.05, 4.69) is 20.7 Å². The smallest absolute Gasteiger partial charge is 0.271 e. The van der Waals surface area contributed by atoms with Crippen LogP contribution in [0.5, 0.6) is 0 Å². The van der Waals surface area contributed by atoms with Gasteiger partial charge >= 0.3 is 0 Å². The number of hydrogen-bond donors (Lipinski definition) is 1. The zero-order valence-corrected chi connectivity index (χ0v) is 23.8. The Hall–Kier alpha value is -3.71. The zero-order chi connectivity index (χ0) is 30.3. The van der Waals surface area contributed by atoms with E-state index < -0.39 is 30.8 Å². The van der Waals surface area contributed by atoms with Gasteiger partial charge in [-0.05, 0) is 12.1 Å². The Morgan fingerprint density at radius 2 is 1.22 bits per heavy atom. The van der Waals surface area contributed by atoms with Crippen LogP contribution in [0.2, 0.25) is 0 Å². The maximum Gasteiger partial charge on any atom is 0.271 e. The standard InChI is InChI=1S/C11H11N3O5S.C10H9N3O3.CH3ClO2S/c1-20(17,18)19-6-7-5-13-9(15)3-2-8-11(13)14(7)10(16)4-12-8;14-5-6-4-12-8(15)2-1-7-10(12)13(6)9(16)3-11-7;1-5(2,3)4/h2-4,7H,5-6H2,1H3;1-3,6,14H,4-5H2;1H3/t7-;6-;/m00./s1. The van der Waals surface area contributed by atoms with E-state index in [1.807, 2.05) is 0 Å². The molecule has 4 aromatic rings. The van der Waals surface area contributed by atoms with E-state index in [-0.39, 0.29) is 42.5 Å². The predicted molar refractivity (Wildman–Crippen MR) is 147 cm³/mol. The highest BCUT2D eigenvalue weighted by Gasteiger charge is 2.28. The van der Waals surface area contributed by atoms with Gasteiger partial charge in [0.25, 0.3) is 32.4 Å². The lowest BCUT2D eigenvalue weighted by molar-refractivity contribution is 0.225. The summed E-state index contributed by atoms with van der Waals surface area (Å²) in [6.45, 7) is 0.152. The van der Waals surface area contributed by atoms with Gasteiger partial charge in [0.15, 0.2) is 0 Å². The molecule has 0 aromatic carbocycles. The summed E-state index contributed by atoms with van der Waals surface area (Å²) in [5, 5.41) is 9.21. The van der Waals surface area contributed by atoms with Crippen LogP contribution in [0.25, 0.3) is 22.3 Å². The van der Waals surface area contributed by atoms with E-state index >= 15 is 0 Å². The van der Waals surface area contributed by atoms with Crippen LogP contribution in [-0.4, -0.2) is 75.9 Å². The Morgan fingerprint density at radius 1 is 0.805 bits per heavy atom. The van der Waals surface area contributed by atoms with Crippen molar-refractivity contribution in [3.63, 3.8) is 0 Å². The number of aromatic nitrogens is 6. The van der Waals surface area contributed by atoms with Crippen LogP contribution in [0.4, 0.5) is 0 Å². The lowest BCUT2D eigenvalue weighted by Crippen LogP contribution is -2.26. The van der Waals surface area contributed by atoms with Crippen LogP contribution < -0.4 is 22.2 Å². The minimum atomic E-state index is -3.61. The molecule has 2 aliphatic rings. The van der Waals surface area contributed by atoms with Gasteiger partial charge in [0.1, 0.15) is 22.3 Å². The highest BCUT2D eigenvalue weighted by molar-refractivity contribution is 8.13. The zero-order valence-electron chi connectivity index (χ0n) is 21.4. The first-order chi connectivity index (χ1) is 19.1. The summed E-state index contributed by atoms with van der Waals surface area (Å²) in [7, 11) is -2.30. The molecule has 41 heavy (non-hydrogen) atoms. The van der Waals surface area contributed by atoms with Gasteiger partial charge in [-0.3, -0.25) is 41.6 Å². The summed E-state index contributed by atoms with van der Waals surface area (Å²) in [4.78, 5) is 55.0. The van der Waals surface area contributed by atoms with Gasteiger partial charge in [0.05, 0.1) is 63.3 Å². The van der Waals surface area contributed by atoms with Crippen LogP contribution >= 0.6 is 10.7 Å². The molecule has 6 heterocycles. The molecule has 0 radical (unpaired) electrons. The molecular formula is C22H23ClN6O10S2. The average molecular weight is 631 g/mol. The average Bonchev–Trinajstić information content (AvgIpc) is 3.47. The van der Waals surface area contributed by atoms with Crippen LogP contribution in [0, 0.1) is 0 Å². The van der Waals surface area contributed by atoms with E-state index in [4.69, 9.17) is 4.18 Å². The van der Waals surface area contributed by atoms with E-state index in [1.54, 1.807) is 6.07 Å². The van der Waals surface area contributed by atoms with Crippen molar-refractivity contribution in [1.29, 1.82) is 0 Å². The fourth-order valence-corrected chi connectivity index (χ4v) is 4.92. The second kappa shape index (κ2) is 11.3. The minimum Gasteiger partial charge on any atom is -0.394 e. The van der Waals surface area contributed by atoms with Crippen molar-refractivity contribution in [3.05, 3.63) is 78.1 Å². The van der Waals surface area contributed by atoms with Crippen molar-refractivity contribution in [2.45, 2.75) is 25.2 Å². The fraction of sp³-hybridized carbons (Fsp3) is 0.364. The van der Waals surface area contributed by atoms with Crippen LogP contribution in [-0.2, 0) is 36.4 Å². The maximum absolute atomic E-state index is 11.9. The largest absolute Gasteiger partial charge is 0.394 e. The number of aliphatic hydroxyl groups is 1. The van der Waals surface area contributed by atoms with Gasteiger partial charge in [-0.15, -0.1) is 0 Å². The third-order valence-corrected chi connectivity index (χ3v) is 6.59. The molecule has 0 amide bonds. The molecule has 2 atom stereocenters. The molecule has 0 bridgehead atoms. The van der Waals surface area contributed by atoms with Crippen molar-refractivity contribution in [2.75, 3.05) is 25.7 Å². The second-order valence-corrected chi connectivity index (χ2v) is 13.8. The first-order valence-electron chi connectivity index (χ1n) is 11.7. The summed E-state index contributed by atoms with van der Waals surface area (Å²) in [5.74, 6) is 0. The van der Waals surface area contributed by atoms with E-state index in [9.17, 15) is 41.1 Å². The molecule has 4 aromatic heterocycles. The number of hydrogen-bond acceptors (Lipinski definition) is 12. The molecule has 1 N–H and O–H groups in total. The van der Waals surface area contributed by atoms with Crippen LogP contribution in [0.1, 0.15) is 12.1 Å². The Bertz CT molecular complexity index is 2100. The molecule has 2 aliphatic heterocycles. The van der Waals surface area contributed by atoms with Gasteiger partial charge in [0.2, 0.25) is 9.05 Å². The maximum atomic E-state index is 11.9. The monoisotopic (exact) mass is 630 g/mol. The van der Waals surface area contributed by atoms with E-state index in [0.717, 1.165) is 18.7 Å². The predicted octanol–water partition coefficient (Wildman–Crippen LogP) is -1.62. The minimum absolute atomic E-state index is 0.167. The Labute approximate surface area is 235 Å². The Kier molecular flexibility index (Phi) is 8.33. The molecule has 0 unspecified atom stereocenters. The van der Waals surface area contributed by atoms with E-state index in [0.29, 0.717) is 28.9 Å². The molecule has 220 valence electrons. The number of nitrogens with zero attached hydrogens (tertiary/aromatic N) is 6. The van der Waals surface area contributed by atoms with E-state index in [1.165, 1.54) is 42.7 Å². The summed E-state index contributed by atoms with van der Waals surface area (Å²) in [6, 6.07) is 4.99. The SMILES string of the molecule is CS(=O)(=O)Cl.CS(=O)(=O)OC[C@@H]1Cn2c(=O)ccc3ncc(=O)n1c32.O=c1ccc2ncc(=O)n3c2n1C[C@H]3CO. The topological polar surface area (TPSA) is 212 Å². The highest BCUT2D eigenvalue weighted by atomic mass is 35.7. The van der Waals surface area contributed by atoms with Crippen LogP contribution in [0.3, 0.4) is 0 Å². The molecule has 0 saturated heterocycles. The fourth-order valence-electron chi connectivity index (χ4n) is 4.52. The summed E-state index contributed by atoms with van der Waals surface area (Å²) < 4.78 is 51.3. The molecule has 0 saturated carbocycles. The van der Waals surface area contributed by atoms with Gasteiger partial charge in [-0.1, -0.05) is 0 Å². The van der Waals surface area contributed by atoms with Crippen molar-refractivity contribution in [2.24, 2.45) is 0 Å². The molecule has 0 aliphatic carbocycles. The normalized spacial score (nSPS) is 17.2.